The monoisotopic (exact) mass is 237 g/mol. The number of nitrogens with zero attached hydrogens (tertiary/aromatic N) is 1. The summed E-state index contributed by atoms with van der Waals surface area (Å²) in [5, 5.41) is 3.88. The fourth-order valence-corrected chi connectivity index (χ4v) is 1.66. The highest BCUT2D eigenvalue weighted by atomic mass is 79.9. The summed E-state index contributed by atoms with van der Waals surface area (Å²) in [6.45, 7) is 2.05. The summed E-state index contributed by atoms with van der Waals surface area (Å²) < 4.78 is 5.87. The largest absolute Gasteiger partial charge is 0.364 e. The third-order valence-corrected chi connectivity index (χ3v) is 2.96. The number of aromatic nitrogens is 1. The standard InChI is InChI=1S/C10H8BrNO/c1-7-3-2-4-8(10(7)11)9-5-6-13-12-9/h2-6H,1H3. The molecule has 2 aromatic rings. The third-order valence-electron chi connectivity index (χ3n) is 1.91. The van der Waals surface area contributed by atoms with E-state index in [1.807, 2.05) is 31.2 Å². The first kappa shape index (κ1) is 8.51. The van der Waals surface area contributed by atoms with Crippen LogP contribution in [0.15, 0.2) is 39.5 Å². The van der Waals surface area contributed by atoms with Crippen molar-refractivity contribution < 1.29 is 4.52 Å². The molecule has 0 atom stereocenters. The van der Waals surface area contributed by atoms with Gasteiger partial charge in [0, 0.05) is 16.1 Å². The molecule has 2 rings (SSSR count). The molecule has 0 saturated heterocycles. The lowest BCUT2D eigenvalue weighted by Crippen LogP contribution is -1.82. The Morgan fingerprint density at radius 2 is 2.15 bits per heavy atom. The summed E-state index contributed by atoms with van der Waals surface area (Å²) in [6.07, 6.45) is 1.57. The smallest absolute Gasteiger partial charge is 0.124 e. The molecule has 0 aliphatic carbocycles. The zero-order valence-electron chi connectivity index (χ0n) is 7.12. The Balaban J connectivity index is 2.59. The fraction of sp³-hybridized carbons (Fsp3) is 0.100. The quantitative estimate of drug-likeness (QED) is 0.760. The Hall–Kier alpha value is -1.09. The third kappa shape index (κ3) is 1.52. The summed E-state index contributed by atoms with van der Waals surface area (Å²) in [7, 11) is 0. The second-order valence-corrected chi connectivity index (χ2v) is 3.61. The molecule has 0 N–H and O–H groups in total. The molecule has 0 saturated carbocycles. The van der Waals surface area contributed by atoms with Gasteiger partial charge >= 0.3 is 0 Å². The minimum atomic E-state index is 0.857. The van der Waals surface area contributed by atoms with Crippen LogP contribution in [0.2, 0.25) is 0 Å². The number of hydrogen-bond donors (Lipinski definition) is 0. The van der Waals surface area contributed by atoms with Crippen molar-refractivity contribution in [3.63, 3.8) is 0 Å². The van der Waals surface area contributed by atoms with Gasteiger partial charge in [0.2, 0.25) is 0 Å². The van der Waals surface area contributed by atoms with Crippen LogP contribution in [-0.4, -0.2) is 5.16 Å². The molecule has 1 heterocycles. The van der Waals surface area contributed by atoms with Crippen molar-refractivity contribution >= 4 is 15.9 Å². The molecule has 1 aromatic carbocycles. The van der Waals surface area contributed by atoms with Crippen LogP contribution in [0.3, 0.4) is 0 Å². The zero-order chi connectivity index (χ0) is 9.26. The molecule has 0 fully saturated rings. The fourth-order valence-electron chi connectivity index (χ4n) is 1.20. The van der Waals surface area contributed by atoms with E-state index in [0.717, 1.165) is 15.7 Å². The Morgan fingerprint density at radius 1 is 1.31 bits per heavy atom. The van der Waals surface area contributed by atoms with E-state index in [0.29, 0.717) is 0 Å². The highest BCUT2D eigenvalue weighted by Crippen LogP contribution is 2.29. The molecule has 0 amide bonds. The lowest BCUT2D eigenvalue weighted by Gasteiger charge is -2.02. The molecular weight excluding hydrogens is 230 g/mol. The molecule has 1 aromatic heterocycles. The summed E-state index contributed by atoms with van der Waals surface area (Å²) in [5.74, 6) is 0. The summed E-state index contributed by atoms with van der Waals surface area (Å²) in [4.78, 5) is 0. The first-order valence-corrected chi connectivity index (χ1v) is 4.74. The van der Waals surface area contributed by atoms with Crippen LogP contribution in [-0.2, 0) is 0 Å². The van der Waals surface area contributed by atoms with E-state index >= 15 is 0 Å². The van der Waals surface area contributed by atoms with Crippen LogP contribution in [0.5, 0.6) is 0 Å². The molecule has 0 bridgehead atoms. The van der Waals surface area contributed by atoms with Gasteiger partial charge in [-0.25, -0.2) is 0 Å². The minimum absolute atomic E-state index is 0.857. The van der Waals surface area contributed by atoms with Gasteiger partial charge in [-0.05, 0) is 28.4 Å². The number of aryl methyl sites for hydroxylation is 1. The average molecular weight is 238 g/mol. The molecule has 0 aliphatic rings. The maximum absolute atomic E-state index is 4.79. The SMILES string of the molecule is Cc1cccc(-c2ccon2)c1Br. The van der Waals surface area contributed by atoms with Gasteiger partial charge in [0.05, 0.1) is 0 Å². The predicted octanol–water partition coefficient (Wildman–Crippen LogP) is 3.41. The average Bonchev–Trinajstić information content (AvgIpc) is 2.62. The molecule has 0 radical (unpaired) electrons. The molecular formula is C10H8BrNO. The van der Waals surface area contributed by atoms with Crippen LogP contribution in [0, 0.1) is 6.92 Å². The van der Waals surface area contributed by atoms with E-state index in [-0.39, 0.29) is 0 Å². The first-order valence-electron chi connectivity index (χ1n) is 3.95. The zero-order valence-corrected chi connectivity index (χ0v) is 8.71. The predicted molar refractivity (Wildman–Crippen MR) is 54.4 cm³/mol. The van der Waals surface area contributed by atoms with Gasteiger partial charge in [0.25, 0.3) is 0 Å². The van der Waals surface area contributed by atoms with E-state index in [4.69, 9.17) is 4.52 Å². The Morgan fingerprint density at radius 3 is 2.85 bits per heavy atom. The van der Waals surface area contributed by atoms with Gasteiger partial charge in [0.15, 0.2) is 0 Å². The highest BCUT2D eigenvalue weighted by Gasteiger charge is 2.06. The number of halogens is 1. The molecule has 0 spiro atoms. The van der Waals surface area contributed by atoms with Crippen molar-refractivity contribution in [1.82, 2.24) is 5.16 Å². The van der Waals surface area contributed by atoms with Crippen molar-refractivity contribution in [3.8, 4) is 11.3 Å². The van der Waals surface area contributed by atoms with Crippen LogP contribution >= 0.6 is 15.9 Å². The lowest BCUT2D eigenvalue weighted by atomic mass is 10.1. The maximum atomic E-state index is 4.79. The summed E-state index contributed by atoms with van der Waals surface area (Å²) in [6, 6.07) is 7.91. The van der Waals surface area contributed by atoms with Crippen LogP contribution in [0.25, 0.3) is 11.3 Å². The van der Waals surface area contributed by atoms with Gasteiger partial charge in [0.1, 0.15) is 12.0 Å². The van der Waals surface area contributed by atoms with Gasteiger partial charge in [-0.2, -0.15) is 0 Å². The normalized spacial score (nSPS) is 10.3. The van der Waals surface area contributed by atoms with Crippen LogP contribution in [0.1, 0.15) is 5.56 Å². The second-order valence-electron chi connectivity index (χ2n) is 2.82. The lowest BCUT2D eigenvalue weighted by molar-refractivity contribution is 0.422. The molecule has 0 aliphatic heterocycles. The molecule has 13 heavy (non-hydrogen) atoms. The molecule has 2 nitrogen and oxygen atoms in total. The van der Waals surface area contributed by atoms with Gasteiger partial charge < -0.3 is 4.52 Å². The topological polar surface area (TPSA) is 26.0 Å². The Bertz CT molecular complexity index is 409. The first-order chi connectivity index (χ1) is 6.29. The Kier molecular flexibility index (Phi) is 2.19. The summed E-state index contributed by atoms with van der Waals surface area (Å²) >= 11 is 3.52. The molecule has 0 unspecified atom stereocenters. The van der Waals surface area contributed by atoms with Crippen molar-refractivity contribution in [1.29, 1.82) is 0 Å². The van der Waals surface area contributed by atoms with Crippen molar-refractivity contribution in [2.24, 2.45) is 0 Å². The van der Waals surface area contributed by atoms with Gasteiger partial charge in [-0.1, -0.05) is 23.4 Å². The Labute approximate surface area is 84.7 Å². The van der Waals surface area contributed by atoms with Crippen LogP contribution < -0.4 is 0 Å². The molecule has 66 valence electrons. The van der Waals surface area contributed by atoms with Crippen molar-refractivity contribution in [3.05, 3.63) is 40.6 Å². The second kappa shape index (κ2) is 3.34. The van der Waals surface area contributed by atoms with Crippen molar-refractivity contribution in [2.75, 3.05) is 0 Å². The number of benzene rings is 1. The summed E-state index contributed by atoms with van der Waals surface area (Å²) in [5.41, 5.74) is 3.12. The highest BCUT2D eigenvalue weighted by molar-refractivity contribution is 9.10. The van der Waals surface area contributed by atoms with E-state index in [1.54, 1.807) is 6.26 Å². The molecule has 3 heteroatoms. The van der Waals surface area contributed by atoms with E-state index in [9.17, 15) is 0 Å². The minimum Gasteiger partial charge on any atom is -0.364 e. The van der Waals surface area contributed by atoms with Crippen LogP contribution in [0.4, 0.5) is 0 Å². The van der Waals surface area contributed by atoms with E-state index in [1.165, 1.54) is 5.56 Å². The van der Waals surface area contributed by atoms with E-state index < -0.39 is 0 Å². The van der Waals surface area contributed by atoms with Gasteiger partial charge in [-0.15, -0.1) is 0 Å². The van der Waals surface area contributed by atoms with E-state index in [2.05, 4.69) is 21.1 Å². The van der Waals surface area contributed by atoms with Crippen molar-refractivity contribution in [2.45, 2.75) is 6.92 Å². The number of rotatable bonds is 1. The number of hydrogen-bond acceptors (Lipinski definition) is 2. The maximum Gasteiger partial charge on any atom is 0.124 e. The van der Waals surface area contributed by atoms with Gasteiger partial charge in [-0.3, -0.25) is 0 Å².